The van der Waals surface area contributed by atoms with Gasteiger partial charge in [0.05, 0.1) is 17.7 Å². The van der Waals surface area contributed by atoms with Crippen molar-refractivity contribution in [3.05, 3.63) is 87.9 Å². The molecule has 0 radical (unpaired) electrons. The average Bonchev–Trinajstić information content (AvgIpc) is 2.99. The second-order valence-corrected chi connectivity index (χ2v) is 13.5. The maximum atomic E-state index is 14.1. The van der Waals surface area contributed by atoms with Crippen LogP contribution in [0.5, 0.6) is 5.75 Å². The number of nitrogens with one attached hydrogen (secondary N) is 1. The van der Waals surface area contributed by atoms with Gasteiger partial charge in [0.15, 0.2) is 0 Å². The van der Waals surface area contributed by atoms with Crippen molar-refractivity contribution in [2.24, 2.45) is 0 Å². The average molecular weight is 677 g/mol. The van der Waals surface area contributed by atoms with Gasteiger partial charge < -0.3 is 15.0 Å². The summed E-state index contributed by atoms with van der Waals surface area (Å²) in [5.74, 6) is -0.282. The van der Waals surface area contributed by atoms with Crippen molar-refractivity contribution in [2.45, 2.75) is 62.6 Å². The topological polar surface area (TPSA) is 96.0 Å². The number of rotatable bonds is 11. The van der Waals surface area contributed by atoms with Crippen molar-refractivity contribution in [1.29, 1.82) is 0 Å². The molecule has 0 saturated heterocycles. The van der Waals surface area contributed by atoms with Crippen molar-refractivity contribution >= 4 is 55.1 Å². The second kappa shape index (κ2) is 14.4. The highest BCUT2D eigenvalue weighted by Crippen LogP contribution is 2.27. The molecule has 3 aromatic carbocycles. The van der Waals surface area contributed by atoms with E-state index in [0.717, 1.165) is 46.4 Å². The van der Waals surface area contributed by atoms with Gasteiger partial charge in [-0.2, -0.15) is 0 Å². The lowest BCUT2D eigenvalue weighted by atomic mass is 9.95. The number of anilines is 1. The highest BCUT2D eigenvalue weighted by Gasteiger charge is 2.33. The van der Waals surface area contributed by atoms with Crippen LogP contribution in [0.15, 0.2) is 82.2 Å². The van der Waals surface area contributed by atoms with Crippen LogP contribution in [0.3, 0.4) is 0 Å². The van der Waals surface area contributed by atoms with Crippen LogP contribution in [0.4, 0.5) is 5.69 Å². The van der Waals surface area contributed by atoms with Crippen LogP contribution in [0.2, 0.25) is 5.02 Å². The van der Waals surface area contributed by atoms with Crippen molar-refractivity contribution in [3.63, 3.8) is 0 Å². The van der Waals surface area contributed by atoms with Gasteiger partial charge in [-0.05, 0) is 86.0 Å². The molecule has 11 heteroatoms. The van der Waals surface area contributed by atoms with E-state index in [1.54, 1.807) is 43.3 Å². The lowest BCUT2D eigenvalue weighted by Gasteiger charge is -2.33. The fourth-order valence-corrected chi connectivity index (χ4v) is 6.98. The largest absolute Gasteiger partial charge is 0.497 e. The minimum absolute atomic E-state index is 0.00678. The molecule has 1 atom stereocenters. The summed E-state index contributed by atoms with van der Waals surface area (Å²) in [6.07, 6.45) is 5.07. The summed E-state index contributed by atoms with van der Waals surface area (Å²) in [7, 11) is -2.70. The fraction of sp³-hybridized carbons (Fsp3) is 0.355. The van der Waals surface area contributed by atoms with Crippen LogP contribution in [0.1, 0.15) is 44.6 Å². The molecule has 4 rings (SSSR count). The van der Waals surface area contributed by atoms with Crippen molar-refractivity contribution in [2.75, 3.05) is 18.0 Å². The predicted octanol–water partition coefficient (Wildman–Crippen LogP) is 6.17. The van der Waals surface area contributed by atoms with Gasteiger partial charge >= 0.3 is 0 Å². The summed E-state index contributed by atoms with van der Waals surface area (Å²) in [4.78, 5) is 28.9. The number of hydrogen-bond donors (Lipinski definition) is 1. The van der Waals surface area contributed by atoms with E-state index in [0.29, 0.717) is 10.8 Å². The van der Waals surface area contributed by atoms with Gasteiger partial charge in [0.2, 0.25) is 11.8 Å². The number of carbonyl (C=O) groups is 2. The zero-order valence-corrected chi connectivity index (χ0v) is 26.8. The van der Waals surface area contributed by atoms with E-state index in [2.05, 4.69) is 21.2 Å². The Bertz CT molecular complexity index is 1480. The van der Waals surface area contributed by atoms with E-state index in [1.807, 2.05) is 24.3 Å². The third-order valence-corrected chi connectivity index (χ3v) is 9.94. The summed E-state index contributed by atoms with van der Waals surface area (Å²) < 4.78 is 34.9. The molecule has 0 aliphatic heterocycles. The number of halogens is 2. The third-order valence-electron chi connectivity index (χ3n) is 7.40. The SMILES string of the molecule is COc1ccc(S(=O)(=O)N(CC(=O)N(Cc2cccc(Br)c2)[C@H](C)C(=O)NC2CCCCC2)c2ccc(Cl)cc2)cc1. The molecule has 0 heterocycles. The Labute approximate surface area is 261 Å². The molecule has 42 heavy (non-hydrogen) atoms. The zero-order chi connectivity index (χ0) is 30.3. The Morgan fingerprint density at radius 1 is 1.02 bits per heavy atom. The molecular formula is C31H35BrClN3O5S. The van der Waals surface area contributed by atoms with Crippen LogP contribution in [0.25, 0.3) is 0 Å². The number of amides is 2. The predicted molar refractivity (Wildman–Crippen MR) is 168 cm³/mol. The zero-order valence-electron chi connectivity index (χ0n) is 23.6. The van der Waals surface area contributed by atoms with E-state index in [4.69, 9.17) is 16.3 Å². The molecule has 1 aliphatic rings. The van der Waals surface area contributed by atoms with E-state index in [-0.39, 0.29) is 29.1 Å². The summed E-state index contributed by atoms with van der Waals surface area (Å²) in [6, 6.07) is 18.9. The minimum atomic E-state index is -4.19. The molecule has 1 fully saturated rings. The maximum Gasteiger partial charge on any atom is 0.264 e. The van der Waals surface area contributed by atoms with Crippen molar-refractivity contribution in [1.82, 2.24) is 10.2 Å². The lowest BCUT2D eigenvalue weighted by Crippen LogP contribution is -2.53. The Balaban J connectivity index is 1.67. The number of methoxy groups -OCH3 is 1. The van der Waals surface area contributed by atoms with Crippen LogP contribution in [-0.2, 0) is 26.2 Å². The number of sulfonamides is 1. The normalized spacial score (nSPS) is 14.6. The van der Waals surface area contributed by atoms with E-state index in [1.165, 1.54) is 24.1 Å². The molecule has 1 N–H and O–H groups in total. The molecule has 0 bridgehead atoms. The van der Waals surface area contributed by atoms with Crippen LogP contribution in [-0.4, -0.2) is 50.9 Å². The van der Waals surface area contributed by atoms with Gasteiger partial charge in [-0.1, -0.05) is 58.9 Å². The number of benzene rings is 3. The van der Waals surface area contributed by atoms with Gasteiger partial charge in [-0.3, -0.25) is 13.9 Å². The Morgan fingerprint density at radius 2 is 1.69 bits per heavy atom. The number of carbonyl (C=O) groups excluding carboxylic acids is 2. The Hall–Kier alpha value is -3.08. The highest BCUT2D eigenvalue weighted by atomic mass is 79.9. The van der Waals surface area contributed by atoms with Crippen molar-refractivity contribution in [3.8, 4) is 5.75 Å². The van der Waals surface area contributed by atoms with Crippen LogP contribution < -0.4 is 14.4 Å². The summed E-state index contributed by atoms with van der Waals surface area (Å²) in [5, 5.41) is 3.54. The molecule has 1 saturated carbocycles. The van der Waals surface area contributed by atoms with Crippen LogP contribution in [0, 0.1) is 0 Å². The molecule has 3 aromatic rings. The Kier molecular flexibility index (Phi) is 10.9. The quantitative estimate of drug-likeness (QED) is 0.262. The number of nitrogens with zero attached hydrogens (tertiary/aromatic N) is 2. The fourth-order valence-electron chi connectivity index (χ4n) is 4.99. The van der Waals surface area contributed by atoms with Gasteiger partial charge in [-0.25, -0.2) is 8.42 Å². The minimum Gasteiger partial charge on any atom is -0.497 e. The number of hydrogen-bond acceptors (Lipinski definition) is 5. The first-order valence-corrected chi connectivity index (χ1v) is 16.5. The first-order chi connectivity index (χ1) is 20.1. The summed E-state index contributed by atoms with van der Waals surface area (Å²) in [6.45, 7) is 1.28. The van der Waals surface area contributed by atoms with E-state index >= 15 is 0 Å². The van der Waals surface area contributed by atoms with Gasteiger partial charge in [-0.15, -0.1) is 0 Å². The second-order valence-electron chi connectivity index (χ2n) is 10.3. The molecule has 2 amide bonds. The summed E-state index contributed by atoms with van der Waals surface area (Å²) in [5.41, 5.74) is 1.07. The molecule has 8 nitrogen and oxygen atoms in total. The summed E-state index contributed by atoms with van der Waals surface area (Å²) >= 11 is 9.56. The lowest BCUT2D eigenvalue weighted by molar-refractivity contribution is -0.139. The molecule has 0 aromatic heterocycles. The monoisotopic (exact) mass is 675 g/mol. The molecule has 224 valence electrons. The molecule has 0 unspecified atom stereocenters. The van der Waals surface area contributed by atoms with Crippen molar-refractivity contribution < 1.29 is 22.7 Å². The molecule has 0 spiro atoms. The number of ether oxygens (including phenoxy) is 1. The highest BCUT2D eigenvalue weighted by molar-refractivity contribution is 9.10. The van der Waals surface area contributed by atoms with Gasteiger partial charge in [0.25, 0.3) is 10.0 Å². The van der Waals surface area contributed by atoms with E-state index < -0.39 is 28.5 Å². The van der Waals surface area contributed by atoms with E-state index in [9.17, 15) is 18.0 Å². The third kappa shape index (κ3) is 8.05. The standard InChI is InChI=1S/C31H35BrClN3O5S/c1-22(31(38)34-26-9-4-3-5-10-26)35(20-23-7-6-8-24(32)19-23)30(37)21-36(27-13-11-25(33)12-14-27)42(39,40)29-17-15-28(41-2)16-18-29/h6-8,11-19,22,26H,3-5,9-10,20-21H2,1-2H3,(H,34,38)/t22-/m1/s1. The first kappa shape index (κ1) is 31.8. The maximum absolute atomic E-state index is 14.1. The molecule has 1 aliphatic carbocycles. The van der Waals surface area contributed by atoms with Gasteiger partial charge in [0.1, 0.15) is 18.3 Å². The van der Waals surface area contributed by atoms with Crippen LogP contribution >= 0.6 is 27.5 Å². The smallest absolute Gasteiger partial charge is 0.264 e. The Morgan fingerprint density at radius 3 is 2.31 bits per heavy atom. The van der Waals surface area contributed by atoms with Gasteiger partial charge in [0, 0.05) is 22.1 Å². The first-order valence-electron chi connectivity index (χ1n) is 13.8. The molecular weight excluding hydrogens is 642 g/mol.